The third-order valence-corrected chi connectivity index (χ3v) is 6.39. The maximum Gasteiger partial charge on any atom is 0.115 e. The number of pyridine rings is 1. The number of aromatic nitrogens is 12. The van der Waals surface area contributed by atoms with Crippen molar-refractivity contribution < 1.29 is 0 Å². The van der Waals surface area contributed by atoms with Gasteiger partial charge < -0.3 is 25.6 Å². The highest BCUT2D eigenvalue weighted by atomic mass is 15.3. The van der Waals surface area contributed by atoms with Crippen LogP contribution in [-0.2, 0) is 0 Å². The van der Waals surface area contributed by atoms with Gasteiger partial charge in [0.05, 0.1) is 18.7 Å². The molecule has 9 heterocycles. The number of hydrogen-bond acceptors (Lipinski definition) is 10. The molecule has 8 aromatic rings. The van der Waals surface area contributed by atoms with Gasteiger partial charge in [-0.05, 0) is 117 Å². The average molecular weight is 717 g/mol. The molecular formula is C39H52N14. The van der Waals surface area contributed by atoms with Gasteiger partial charge in [-0.1, -0.05) is 30.7 Å². The van der Waals surface area contributed by atoms with Crippen molar-refractivity contribution in [3.8, 4) is 0 Å². The molecule has 7 aromatic heterocycles. The van der Waals surface area contributed by atoms with Crippen molar-refractivity contribution in [1.82, 2.24) is 71.1 Å². The van der Waals surface area contributed by atoms with Gasteiger partial charge in [-0.3, -0.25) is 10.1 Å². The number of nitrogens with one attached hydrogen (secondary N) is 6. The molecule has 2 fully saturated rings. The second-order valence-corrected chi connectivity index (χ2v) is 10.5. The zero-order chi connectivity index (χ0) is 37.2. The predicted molar refractivity (Wildman–Crippen MR) is 211 cm³/mol. The van der Waals surface area contributed by atoms with E-state index in [2.05, 4.69) is 89.3 Å². The lowest BCUT2D eigenvalue weighted by Crippen LogP contribution is -2.21. The SMILES string of the molecule is C1CCNC1.C1CCNCC1.c1c[nH]cn1.c1cc[nH]c1.c1ccc2[nH]ccc2c1.c1ccncc1.c1cn[nH]c1.c1cncnc1.c1cnnnc1. The van der Waals surface area contributed by atoms with Crippen molar-refractivity contribution in [3.05, 3.63) is 172 Å². The van der Waals surface area contributed by atoms with Gasteiger partial charge in [0.1, 0.15) is 6.33 Å². The Morgan fingerprint density at radius 2 is 1.09 bits per heavy atom. The van der Waals surface area contributed by atoms with E-state index in [0.29, 0.717) is 0 Å². The fourth-order valence-electron chi connectivity index (χ4n) is 3.90. The monoisotopic (exact) mass is 716 g/mol. The van der Waals surface area contributed by atoms with Crippen LogP contribution in [0.25, 0.3) is 10.9 Å². The number of para-hydroxylation sites is 1. The van der Waals surface area contributed by atoms with Crippen LogP contribution in [0.2, 0.25) is 0 Å². The van der Waals surface area contributed by atoms with Gasteiger partial charge in [-0.15, -0.1) is 10.2 Å². The highest BCUT2D eigenvalue weighted by molar-refractivity contribution is 5.78. The molecule has 14 heteroatoms. The molecule has 0 saturated carbocycles. The predicted octanol–water partition coefficient (Wildman–Crippen LogP) is 6.56. The Labute approximate surface area is 311 Å². The molecule has 6 N–H and O–H groups in total. The van der Waals surface area contributed by atoms with E-state index in [0.717, 1.165) is 0 Å². The molecule has 0 unspecified atom stereocenters. The standard InChI is InChI=1S/C8H7N.C5H11N.C5H5N.C4H4N2.C4H9N.C4H5N.C3H3N3.2C3H4N2/c1-2-4-8-7(3-1)5-6-9-8;2*1-2-4-6-5-3-1;1-2-5-4-6-3-1;2*1-2-4-5-3-1;1-2-4-6-5-3-1;1-2-5-3-4-1;1-2-4-5-3-1/h1-6,9H;6H,1-5H2;1-5H;1-4H;5H,1-4H2;1-5H;1-3H;2*1-3H,(H,4,5). The van der Waals surface area contributed by atoms with E-state index in [9.17, 15) is 0 Å². The molecule has 2 aliphatic rings. The highest BCUT2D eigenvalue weighted by Gasteiger charge is 1.94. The van der Waals surface area contributed by atoms with Crippen LogP contribution < -0.4 is 10.6 Å². The topological polar surface area (TPSA) is 190 Å². The van der Waals surface area contributed by atoms with Gasteiger partial charge in [0.2, 0.25) is 0 Å². The zero-order valence-electron chi connectivity index (χ0n) is 30.1. The lowest BCUT2D eigenvalue weighted by Gasteiger charge is -2.08. The van der Waals surface area contributed by atoms with Gasteiger partial charge in [-0.2, -0.15) is 5.10 Å². The largest absolute Gasteiger partial charge is 0.368 e. The molecule has 14 nitrogen and oxygen atoms in total. The quantitative estimate of drug-likeness (QED) is 0.100. The van der Waals surface area contributed by atoms with Crippen LogP contribution in [0.3, 0.4) is 0 Å². The van der Waals surface area contributed by atoms with E-state index in [-0.39, 0.29) is 0 Å². The van der Waals surface area contributed by atoms with Gasteiger partial charge in [0.15, 0.2) is 0 Å². The lowest BCUT2D eigenvalue weighted by molar-refractivity contribution is 0.520. The van der Waals surface area contributed by atoms with Crippen molar-refractivity contribution in [2.45, 2.75) is 32.1 Å². The van der Waals surface area contributed by atoms with Crippen LogP contribution in [0.4, 0.5) is 0 Å². The number of aromatic amines is 4. The van der Waals surface area contributed by atoms with E-state index in [1.165, 1.54) is 75.5 Å². The lowest BCUT2D eigenvalue weighted by atomic mass is 10.2. The number of imidazole rings is 1. The van der Waals surface area contributed by atoms with Gasteiger partial charge in [0.25, 0.3) is 0 Å². The van der Waals surface area contributed by atoms with Crippen molar-refractivity contribution in [2.24, 2.45) is 0 Å². The number of fused-ring (bicyclic) bond motifs is 1. The Morgan fingerprint density at radius 1 is 0.434 bits per heavy atom. The number of H-pyrrole nitrogens is 4. The summed E-state index contributed by atoms with van der Waals surface area (Å²) in [5.41, 5.74) is 1.21. The number of benzene rings is 1. The van der Waals surface area contributed by atoms with Crippen LogP contribution in [0.5, 0.6) is 0 Å². The van der Waals surface area contributed by atoms with E-state index in [1.54, 1.807) is 80.4 Å². The number of rotatable bonds is 0. The summed E-state index contributed by atoms with van der Waals surface area (Å²) in [4.78, 5) is 23.5. The molecule has 0 spiro atoms. The first kappa shape index (κ1) is 42.8. The van der Waals surface area contributed by atoms with Gasteiger partial charge in [-0.25, -0.2) is 15.0 Å². The Kier molecular flexibility index (Phi) is 28.6. The summed E-state index contributed by atoms with van der Waals surface area (Å²) in [6.45, 7) is 5.00. The maximum absolute atomic E-state index is 3.78. The van der Waals surface area contributed by atoms with Gasteiger partial charge in [0, 0.05) is 73.7 Å². The van der Waals surface area contributed by atoms with Crippen molar-refractivity contribution in [2.75, 3.05) is 26.2 Å². The summed E-state index contributed by atoms with van der Waals surface area (Å²) in [6.07, 6.45) is 32.8. The van der Waals surface area contributed by atoms with Gasteiger partial charge >= 0.3 is 0 Å². The summed E-state index contributed by atoms with van der Waals surface area (Å²) in [5, 5.41) is 24.1. The molecule has 10 rings (SSSR count). The zero-order valence-corrected chi connectivity index (χ0v) is 30.1. The third-order valence-electron chi connectivity index (χ3n) is 6.39. The molecule has 0 aliphatic carbocycles. The molecule has 0 bridgehead atoms. The second kappa shape index (κ2) is 35.4. The Balaban J connectivity index is 0.000000208. The minimum absolute atomic E-state index is 1.21. The Morgan fingerprint density at radius 3 is 1.40 bits per heavy atom. The van der Waals surface area contributed by atoms with Crippen LogP contribution >= 0.6 is 0 Å². The van der Waals surface area contributed by atoms with Crippen LogP contribution in [-0.4, -0.2) is 86.7 Å². The summed E-state index contributed by atoms with van der Waals surface area (Å²) in [6, 6.07) is 25.2. The fourth-order valence-corrected chi connectivity index (χ4v) is 3.90. The first-order chi connectivity index (χ1) is 26.5. The normalized spacial score (nSPS) is 11.7. The van der Waals surface area contributed by atoms with Crippen molar-refractivity contribution in [1.29, 1.82) is 0 Å². The molecule has 1 aromatic carbocycles. The summed E-state index contributed by atoms with van der Waals surface area (Å²) in [7, 11) is 0. The Bertz CT molecular complexity index is 1370. The molecule has 2 aliphatic heterocycles. The van der Waals surface area contributed by atoms with E-state index < -0.39 is 0 Å². The van der Waals surface area contributed by atoms with E-state index >= 15 is 0 Å². The number of nitrogens with zero attached hydrogens (tertiary/aromatic N) is 8. The average Bonchev–Trinajstić information content (AvgIpc) is 4.12. The number of hydrogen-bond donors (Lipinski definition) is 6. The number of piperidine rings is 1. The third kappa shape index (κ3) is 29.1. The minimum atomic E-state index is 1.21. The Hall–Kier alpha value is -6.38. The summed E-state index contributed by atoms with van der Waals surface area (Å²) >= 11 is 0. The van der Waals surface area contributed by atoms with Crippen LogP contribution in [0, 0.1) is 0 Å². The van der Waals surface area contributed by atoms with E-state index in [1.807, 2.05) is 67.1 Å². The van der Waals surface area contributed by atoms with Crippen molar-refractivity contribution in [3.63, 3.8) is 0 Å². The molecule has 53 heavy (non-hydrogen) atoms. The summed E-state index contributed by atoms with van der Waals surface area (Å²) < 4.78 is 0. The molecule has 278 valence electrons. The summed E-state index contributed by atoms with van der Waals surface area (Å²) in [5.74, 6) is 0. The second-order valence-electron chi connectivity index (χ2n) is 10.5. The first-order valence-corrected chi connectivity index (χ1v) is 17.5. The highest BCUT2D eigenvalue weighted by Crippen LogP contribution is 2.09. The first-order valence-electron chi connectivity index (χ1n) is 17.5. The fraction of sp³-hybridized carbons (Fsp3) is 0.231. The van der Waals surface area contributed by atoms with Crippen molar-refractivity contribution >= 4 is 10.9 Å². The maximum atomic E-state index is 3.78. The van der Waals surface area contributed by atoms with Crippen LogP contribution in [0.1, 0.15) is 32.1 Å². The molecule has 0 amide bonds. The smallest absolute Gasteiger partial charge is 0.115 e. The van der Waals surface area contributed by atoms with Crippen LogP contribution in [0.15, 0.2) is 172 Å². The molecule has 0 atom stereocenters. The molecule has 2 saturated heterocycles. The minimum Gasteiger partial charge on any atom is -0.368 e. The van der Waals surface area contributed by atoms with E-state index in [4.69, 9.17) is 0 Å². The molecular weight excluding hydrogens is 665 g/mol. The molecule has 0 radical (unpaired) electrons.